The molecule has 1 heterocycles. The summed E-state index contributed by atoms with van der Waals surface area (Å²) >= 11 is 18.1. The largest absolute Gasteiger partial charge is 0.369 e. The van der Waals surface area contributed by atoms with Crippen molar-refractivity contribution < 1.29 is 4.79 Å². The number of nitrogens with zero attached hydrogens (tertiary/aromatic N) is 1. The zero-order chi connectivity index (χ0) is 17.3. The highest BCUT2D eigenvalue weighted by Crippen LogP contribution is 2.29. The first kappa shape index (κ1) is 16.6. The second kappa shape index (κ2) is 6.73. The van der Waals surface area contributed by atoms with Crippen molar-refractivity contribution in [2.75, 3.05) is 11.1 Å². The third-order valence-electron chi connectivity index (χ3n) is 3.24. The van der Waals surface area contributed by atoms with Crippen LogP contribution in [-0.2, 0) is 0 Å². The number of anilines is 2. The fraction of sp³-hybridized carbons (Fsp3) is 0. The molecule has 0 unspecified atom stereocenters. The van der Waals surface area contributed by atoms with Gasteiger partial charge >= 0.3 is 0 Å². The molecule has 0 aliphatic rings. The maximum Gasteiger partial charge on any atom is 0.255 e. The van der Waals surface area contributed by atoms with Crippen LogP contribution in [0.1, 0.15) is 10.4 Å². The van der Waals surface area contributed by atoms with Gasteiger partial charge in [-0.3, -0.25) is 4.79 Å². The lowest BCUT2D eigenvalue weighted by atomic mass is 10.1. The summed E-state index contributed by atoms with van der Waals surface area (Å²) in [7, 11) is 0. The van der Waals surface area contributed by atoms with Gasteiger partial charge in [-0.25, -0.2) is 4.98 Å². The van der Waals surface area contributed by atoms with Crippen molar-refractivity contribution in [3.8, 4) is 11.3 Å². The molecule has 0 atom stereocenters. The van der Waals surface area contributed by atoms with Crippen LogP contribution in [0.5, 0.6) is 0 Å². The number of carbonyl (C=O) groups is 1. The number of amides is 1. The molecule has 3 rings (SSSR count). The summed E-state index contributed by atoms with van der Waals surface area (Å²) < 4.78 is 0. The van der Waals surface area contributed by atoms with Crippen LogP contribution in [-0.4, -0.2) is 15.9 Å². The van der Waals surface area contributed by atoms with Crippen LogP contribution in [0.2, 0.25) is 15.1 Å². The third-order valence-corrected chi connectivity index (χ3v) is 3.98. The molecule has 4 N–H and O–H groups in total. The Morgan fingerprint density at radius 3 is 2.38 bits per heavy atom. The second-order valence-electron chi connectivity index (χ2n) is 4.98. The van der Waals surface area contributed by atoms with E-state index in [-0.39, 0.29) is 5.91 Å². The van der Waals surface area contributed by atoms with Crippen molar-refractivity contribution in [1.82, 2.24) is 9.97 Å². The Kier molecular flexibility index (Phi) is 4.66. The van der Waals surface area contributed by atoms with E-state index in [0.29, 0.717) is 38.0 Å². The zero-order valence-corrected chi connectivity index (χ0v) is 14.4. The van der Waals surface area contributed by atoms with Crippen LogP contribution < -0.4 is 11.1 Å². The first-order valence-electron chi connectivity index (χ1n) is 6.80. The second-order valence-corrected chi connectivity index (χ2v) is 6.26. The Balaban J connectivity index is 1.84. The highest BCUT2D eigenvalue weighted by atomic mass is 35.5. The molecule has 24 heavy (non-hydrogen) atoms. The van der Waals surface area contributed by atoms with Crippen molar-refractivity contribution in [1.29, 1.82) is 0 Å². The molecule has 1 aromatic heterocycles. The first-order chi connectivity index (χ1) is 11.4. The van der Waals surface area contributed by atoms with Gasteiger partial charge in [0.1, 0.15) is 0 Å². The van der Waals surface area contributed by atoms with Gasteiger partial charge in [0.25, 0.3) is 5.91 Å². The Morgan fingerprint density at radius 2 is 1.79 bits per heavy atom. The van der Waals surface area contributed by atoms with Crippen LogP contribution in [0.3, 0.4) is 0 Å². The minimum atomic E-state index is -0.363. The van der Waals surface area contributed by atoms with Gasteiger partial charge in [-0.2, -0.15) is 0 Å². The molecular formula is C16H11Cl3N4O. The molecule has 0 aliphatic carbocycles. The quantitative estimate of drug-likeness (QED) is 0.605. The summed E-state index contributed by atoms with van der Waals surface area (Å²) in [5, 5.41) is 3.85. The van der Waals surface area contributed by atoms with E-state index in [0.717, 1.165) is 5.56 Å². The van der Waals surface area contributed by atoms with Crippen LogP contribution in [0, 0.1) is 0 Å². The van der Waals surface area contributed by atoms with Gasteiger partial charge in [-0.05, 0) is 30.3 Å². The number of nitrogens with two attached hydrogens (primary N) is 1. The Hall–Kier alpha value is -2.21. The lowest BCUT2D eigenvalue weighted by Crippen LogP contribution is -2.12. The van der Waals surface area contributed by atoms with Gasteiger partial charge in [-0.15, -0.1) is 0 Å². The smallest absolute Gasteiger partial charge is 0.255 e. The lowest BCUT2D eigenvalue weighted by molar-refractivity contribution is 0.102. The molecule has 122 valence electrons. The minimum Gasteiger partial charge on any atom is -0.369 e. The van der Waals surface area contributed by atoms with Crippen LogP contribution >= 0.6 is 34.8 Å². The number of aromatic nitrogens is 2. The number of benzene rings is 2. The molecule has 0 spiro atoms. The summed E-state index contributed by atoms with van der Waals surface area (Å²) in [5.41, 5.74) is 7.80. The molecule has 8 heteroatoms. The van der Waals surface area contributed by atoms with Crippen LogP contribution in [0.25, 0.3) is 11.3 Å². The lowest BCUT2D eigenvalue weighted by Gasteiger charge is -2.09. The molecule has 1 amide bonds. The highest BCUT2D eigenvalue weighted by Gasteiger charge is 2.12. The fourth-order valence-corrected chi connectivity index (χ4v) is 2.89. The third kappa shape index (κ3) is 3.64. The molecular weight excluding hydrogens is 371 g/mol. The monoisotopic (exact) mass is 380 g/mol. The van der Waals surface area contributed by atoms with E-state index < -0.39 is 0 Å². The van der Waals surface area contributed by atoms with Crippen molar-refractivity contribution in [3.05, 3.63) is 63.2 Å². The Bertz CT molecular complexity index is 903. The molecule has 3 aromatic rings. The number of H-pyrrole nitrogens is 1. The Labute approximate surface area is 152 Å². The summed E-state index contributed by atoms with van der Waals surface area (Å²) in [6.45, 7) is 0. The summed E-state index contributed by atoms with van der Waals surface area (Å²) in [6, 6.07) is 9.76. The molecule has 0 saturated carbocycles. The van der Waals surface area contributed by atoms with Crippen molar-refractivity contribution >= 4 is 52.3 Å². The first-order valence-corrected chi connectivity index (χ1v) is 7.94. The van der Waals surface area contributed by atoms with Gasteiger partial charge in [-0.1, -0.05) is 40.9 Å². The molecule has 2 aromatic carbocycles. The SMILES string of the molecule is Nc1nc(-c2ccc(NC(=O)c3cc(Cl)cc(Cl)c3)c(Cl)c2)c[nH]1. The predicted molar refractivity (Wildman–Crippen MR) is 97.9 cm³/mol. The number of nitrogen functional groups attached to an aromatic ring is 1. The topological polar surface area (TPSA) is 83.8 Å². The summed E-state index contributed by atoms with van der Waals surface area (Å²) in [6.07, 6.45) is 1.67. The molecule has 0 aliphatic heterocycles. The molecule has 0 saturated heterocycles. The van der Waals surface area contributed by atoms with E-state index in [2.05, 4.69) is 15.3 Å². The van der Waals surface area contributed by atoms with E-state index in [1.807, 2.05) is 0 Å². The maximum atomic E-state index is 12.3. The number of rotatable bonds is 3. The van der Waals surface area contributed by atoms with Crippen molar-refractivity contribution in [2.45, 2.75) is 0 Å². The number of nitrogens with one attached hydrogen (secondary N) is 2. The zero-order valence-electron chi connectivity index (χ0n) is 12.1. The van der Waals surface area contributed by atoms with E-state index in [9.17, 15) is 4.79 Å². The molecule has 0 radical (unpaired) electrons. The highest BCUT2D eigenvalue weighted by molar-refractivity contribution is 6.36. The number of hydrogen-bond acceptors (Lipinski definition) is 3. The molecule has 5 nitrogen and oxygen atoms in total. The Morgan fingerprint density at radius 1 is 1.08 bits per heavy atom. The maximum absolute atomic E-state index is 12.3. The van der Waals surface area contributed by atoms with Gasteiger partial charge in [0.2, 0.25) is 0 Å². The normalized spacial score (nSPS) is 10.6. The van der Waals surface area contributed by atoms with E-state index >= 15 is 0 Å². The fourth-order valence-electron chi connectivity index (χ4n) is 2.14. The number of carbonyl (C=O) groups excluding carboxylic acids is 1. The van der Waals surface area contributed by atoms with E-state index in [1.54, 1.807) is 30.5 Å². The predicted octanol–water partition coefficient (Wildman–Crippen LogP) is 4.87. The number of halogens is 3. The van der Waals surface area contributed by atoms with Gasteiger partial charge in [0.05, 0.1) is 16.4 Å². The van der Waals surface area contributed by atoms with Crippen LogP contribution in [0.4, 0.5) is 11.6 Å². The minimum absolute atomic E-state index is 0.316. The van der Waals surface area contributed by atoms with Gasteiger partial charge in [0.15, 0.2) is 5.95 Å². The van der Waals surface area contributed by atoms with Crippen molar-refractivity contribution in [2.24, 2.45) is 0 Å². The van der Waals surface area contributed by atoms with Gasteiger partial charge in [0, 0.05) is 27.4 Å². The standard InChI is InChI=1S/C16H11Cl3N4O/c17-10-3-9(4-11(18)6-10)15(24)22-13-2-1-8(5-12(13)19)14-7-21-16(20)23-14/h1-7H,(H,22,24)(H3,20,21,23). The van der Waals surface area contributed by atoms with Crippen LogP contribution in [0.15, 0.2) is 42.6 Å². The molecule has 0 bridgehead atoms. The van der Waals surface area contributed by atoms with E-state index in [1.165, 1.54) is 12.1 Å². The average molecular weight is 382 g/mol. The number of aromatic amines is 1. The van der Waals surface area contributed by atoms with E-state index in [4.69, 9.17) is 40.5 Å². The van der Waals surface area contributed by atoms with Crippen molar-refractivity contribution in [3.63, 3.8) is 0 Å². The number of hydrogen-bond donors (Lipinski definition) is 3. The number of imidazole rings is 1. The molecule has 0 fully saturated rings. The van der Waals surface area contributed by atoms with Gasteiger partial charge < -0.3 is 16.0 Å². The summed E-state index contributed by atoms with van der Waals surface area (Å²) in [4.78, 5) is 19.2. The average Bonchev–Trinajstić information content (AvgIpc) is 2.95. The summed E-state index contributed by atoms with van der Waals surface area (Å²) in [5.74, 6) is -0.0469.